The van der Waals surface area contributed by atoms with Crippen molar-refractivity contribution in [3.8, 4) is 0 Å². The predicted octanol–water partition coefficient (Wildman–Crippen LogP) is 4.76. The average molecular weight is 353 g/mol. The number of aromatic amines is 1. The van der Waals surface area contributed by atoms with Crippen LogP contribution in [0.4, 0.5) is 0 Å². The zero-order valence-electron chi connectivity index (χ0n) is 16.2. The standard InChI is InChI=1S/C17H37N3.C2H3N3/c1-2-3-4-5-6-7-8-9-10-11-12-13-14-15-16-20-17(18)19;1-2-4-5-3-1/h2-16H2,1H3,(H4,18,19,20);1-2H,(H,3,4,5). The molecule has 0 radical (unpaired) electrons. The number of nitrogens with one attached hydrogen (secondary N) is 3. The van der Waals surface area contributed by atoms with Gasteiger partial charge in [0.15, 0.2) is 5.96 Å². The van der Waals surface area contributed by atoms with E-state index in [9.17, 15) is 0 Å². The lowest BCUT2D eigenvalue weighted by Crippen LogP contribution is -2.30. The second-order valence-electron chi connectivity index (χ2n) is 6.60. The zero-order chi connectivity index (χ0) is 18.4. The maximum absolute atomic E-state index is 7.03. The minimum atomic E-state index is 0.0969. The van der Waals surface area contributed by atoms with Gasteiger partial charge in [0.25, 0.3) is 0 Å². The summed E-state index contributed by atoms with van der Waals surface area (Å²) in [4.78, 5) is 0. The number of guanidine groups is 1. The van der Waals surface area contributed by atoms with Gasteiger partial charge in [-0.15, -0.1) is 5.10 Å². The van der Waals surface area contributed by atoms with Crippen molar-refractivity contribution in [2.75, 3.05) is 6.54 Å². The highest BCUT2D eigenvalue weighted by atomic mass is 15.3. The van der Waals surface area contributed by atoms with Gasteiger partial charge in [0.1, 0.15) is 0 Å². The van der Waals surface area contributed by atoms with Gasteiger partial charge in [0.2, 0.25) is 0 Å². The van der Waals surface area contributed by atoms with Gasteiger partial charge in [-0.2, -0.15) is 0 Å². The molecule has 6 nitrogen and oxygen atoms in total. The Hall–Kier alpha value is -1.59. The topological polar surface area (TPSA) is 103 Å². The van der Waals surface area contributed by atoms with E-state index in [1.165, 1.54) is 83.5 Å². The summed E-state index contributed by atoms with van der Waals surface area (Å²) in [5, 5.41) is 19.1. The Bertz CT molecular complexity index is 336. The average Bonchev–Trinajstić information content (AvgIpc) is 3.18. The molecule has 1 aromatic rings. The lowest BCUT2D eigenvalue weighted by molar-refractivity contribution is 0.535. The molecule has 25 heavy (non-hydrogen) atoms. The Morgan fingerprint density at radius 1 is 0.880 bits per heavy atom. The van der Waals surface area contributed by atoms with Gasteiger partial charge in [-0.05, 0) is 6.42 Å². The second kappa shape index (κ2) is 20.5. The van der Waals surface area contributed by atoms with Gasteiger partial charge >= 0.3 is 0 Å². The monoisotopic (exact) mass is 352 g/mol. The number of hydrogen-bond acceptors (Lipinski definition) is 3. The molecule has 0 atom stereocenters. The highest BCUT2D eigenvalue weighted by Crippen LogP contribution is 2.12. The van der Waals surface area contributed by atoms with E-state index in [2.05, 4.69) is 27.7 Å². The van der Waals surface area contributed by atoms with Crippen LogP contribution in [-0.2, 0) is 0 Å². The van der Waals surface area contributed by atoms with Crippen molar-refractivity contribution in [1.29, 1.82) is 5.41 Å². The lowest BCUT2D eigenvalue weighted by Gasteiger charge is -2.04. The molecule has 6 heteroatoms. The van der Waals surface area contributed by atoms with Crippen molar-refractivity contribution in [3.05, 3.63) is 12.4 Å². The fraction of sp³-hybridized carbons (Fsp3) is 0.842. The van der Waals surface area contributed by atoms with E-state index in [4.69, 9.17) is 11.1 Å². The first-order chi connectivity index (χ1) is 12.3. The molecular formula is C19H40N6. The summed E-state index contributed by atoms with van der Waals surface area (Å²) in [5.41, 5.74) is 5.22. The predicted molar refractivity (Wildman–Crippen MR) is 107 cm³/mol. The number of H-pyrrole nitrogens is 1. The maximum atomic E-state index is 7.03. The molecular weight excluding hydrogens is 312 g/mol. The number of aromatic nitrogens is 3. The Labute approximate surface area is 154 Å². The van der Waals surface area contributed by atoms with Crippen molar-refractivity contribution >= 4 is 5.96 Å². The first-order valence-electron chi connectivity index (χ1n) is 10.2. The summed E-state index contributed by atoms with van der Waals surface area (Å²) in [6.07, 6.45) is 22.6. The minimum absolute atomic E-state index is 0.0969. The largest absolute Gasteiger partial charge is 0.370 e. The van der Waals surface area contributed by atoms with Gasteiger partial charge in [0, 0.05) is 12.7 Å². The van der Waals surface area contributed by atoms with Gasteiger partial charge < -0.3 is 11.1 Å². The zero-order valence-corrected chi connectivity index (χ0v) is 16.2. The number of hydrogen-bond donors (Lipinski definition) is 4. The SMILES string of the molecule is CCCCCCCCCCCCCCCCNC(=N)N.c1c[nH]nn1. The Balaban J connectivity index is 0.000000972. The summed E-state index contributed by atoms with van der Waals surface area (Å²) in [6.45, 7) is 3.13. The molecule has 5 N–H and O–H groups in total. The van der Waals surface area contributed by atoms with E-state index in [0.29, 0.717) is 0 Å². The Morgan fingerprint density at radius 2 is 1.36 bits per heavy atom. The molecule has 0 aliphatic carbocycles. The Morgan fingerprint density at radius 3 is 1.68 bits per heavy atom. The molecule has 0 saturated heterocycles. The second-order valence-corrected chi connectivity index (χ2v) is 6.60. The molecule has 146 valence electrons. The highest BCUT2D eigenvalue weighted by molar-refractivity contribution is 5.74. The summed E-state index contributed by atoms with van der Waals surface area (Å²) < 4.78 is 0. The van der Waals surface area contributed by atoms with E-state index >= 15 is 0 Å². The van der Waals surface area contributed by atoms with Gasteiger partial charge in [-0.25, -0.2) is 0 Å². The van der Waals surface area contributed by atoms with Crippen molar-refractivity contribution < 1.29 is 0 Å². The van der Waals surface area contributed by atoms with Crippen molar-refractivity contribution in [3.63, 3.8) is 0 Å². The Kier molecular flexibility index (Phi) is 19.2. The first kappa shape index (κ1) is 23.4. The molecule has 1 rings (SSSR count). The molecule has 0 bridgehead atoms. The van der Waals surface area contributed by atoms with Crippen LogP contribution in [-0.4, -0.2) is 27.9 Å². The minimum Gasteiger partial charge on any atom is -0.370 e. The fourth-order valence-corrected chi connectivity index (χ4v) is 2.71. The van der Waals surface area contributed by atoms with Crippen LogP contribution in [0.25, 0.3) is 0 Å². The summed E-state index contributed by atoms with van der Waals surface area (Å²) in [5.74, 6) is 0.0969. The molecule has 0 amide bonds. The molecule has 0 aromatic carbocycles. The van der Waals surface area contributed by atoms with E-state index < -0.39 is 0 Å². The molecule has 0 spiro atoms. The summed E-state index contributed by atoms with van der Waals surface area (Å²) in [7, 11) is 0. The first-order valence-corrected chi connectivity index (χ1v) is 10.2. The number of unbranched alkanes of at least 4 members (excludes halogenated alkanes) is 13. The van der Waals surface area contributed by atoms with Crippen LogP contribution in [0.1, 0.15) is 96.8 Å². The highest BCUT2D eigenvalue weighted by Gasteiger charge is 1.94. The summed E-state index contributed by atoms with van der Waals surface area (Å²) in [6, 6.07) is 0. The van der Waals surface area contributed by atoms with Crippen LogP contribution in [0.3, 0.4) is 0 Å². The molecule has 0 fully saturated rings. The van der Waals surface area contributed by atoms with E-state index in [-0.39, 0.29) is 5.96 Å². The van der Waals surface area contributed by atoms with Crippen LogP contribution in [0.2, 0.25) is 0 Å². The van der Waals surface area contributed by atoms with E-state index in [0.717, 1.165) is 13.0 Å². The number of nitrogens with two attached hydrogens (primary N) is 1. The van der Waals surface area contributed by atoms with Crippen molar-refractivity contribution in [1.82, 2.24) is 20.7 Å². The van der Waals surface area contributed by atoms with E-state index in [1.807, 2.05) is 0 Å². The molecule has 0 saturated carbocycles. The van der Waals surface area contributed by atoms with Gasteiger partial charge in [-0.1, -0.05) is 95.6 Å². The molecule has 1 aromatic heterocycles. The van der Waals surface area contributed by atoms with E-state index in [1.54, 1.807) is 12.4 Å². The van der Waals surface area contributed by atoms with Crippen LogP contribution in [0.5, 0.6) is 0 Å². The smallest absolute Gasteiger partial charge is 0.185 e. The molecule has 0 unspecified atom stereocenters. The third-order valence-electron chi connectivity index (χ3n) is 4.18. The molecule has 1 heterocycles. The quantitative estimate of drug-likeness (QED) is 0.208. The normalized spacial score (nSPS) is 10.1. The van der Waals surface area contributed by atoms with Crippen LogP contribution < -0.4 is 11.1 Å². The van der Waals surface area contributed by atoms with Crippen molar-refractivity contribution in [2.24, 2.45) is 5.73 Å². The number of rotatable bonds is 15. The van der Waals surface area contributed by atoms with Crippen molar-refractivity contribution in [2.45, 2.75) is 96.8 Å². The van der Waals surface area contributed by atoms with Crippen LogP contribution in [0.15, 0.2) is 12.4 Å². The maximum Gasteiger partial charge on any atom is 0.185 e. The van der Waals surface area contributed by atoms with Crippen LogP contribution in [0, 0.1) is 5.41 Å². The third kappa shape index (κ3) is 22.4. The molecule has 0 aliphatic rings. The van der Waals surface area contributed by atoms with Crippen LogP contribution >= 0.6 is 0 Å². The fourth-order valence-electron chi connectivity index (χ4n) is 2.71. The van der Waals surface area contributed by atoms with Gasteiger partial charge in [-0.3, -0.25) is 10.5 Å². The molecule has 0 aliphatic heterocycles. The number of nitrogens with zero attached hydrogens (tertiary/aromatic N) is 2. The summed E-state index contributed by atoms with van der Waals surface area (Å²) >= 11 is 0. The lowest BCUT2D eigenvalue weighted by atomic mass is 10.0. The van der Waals surface area contributed by atoms with Gasteiger partial charge in [0.05, 0.1) is 6.20 Å². The third-order valence-corrected chi connectivity index (χ3v) is 4.18.